The number of para-hydroxylation sites is 1. The second kappa shape index (κ2) is 6.02. The maximum atomic E-state index is 12.4. The van der Waals surface area contributed by atoms with E-state index in [0.29, 0.717) is 12.5 Å². The molecule has 0 bridgehead atoms. The van der Waals surface area contributed by atoms with Crippen molar-refractivity contribution in [1.82, 2.24) is 9.88 Å². The van der Waals surface area contributed by atoms with Gasteiger partial charge in [-0.15, -0.1) is 0 Å². The number of hydrogen-bond acceptors (Lipinski definition) is 4. The average molecular weight is 303 g/mol. The van der Waals surface area contributed by atoms with Gasteiger partial charge in [-0.2, -0.15) is 0 Å². The molecule has 5 heteroatoms. The van der Waals surface area contributed by atoms with Gasteiger partial charge in [-0.1, -0.05) is 30.4 Å². The molecule has 0 spiro atoms. The molecular weight excluding hydrogens is 282 g/mol. The fourth-order valence-corrected chi connectivity index (χ4v) is 3.74. The molecule has 1 fully saturated rings. The molecule has 1 aromatic carbocycles. The molecule has 4 nitrogen and oxygen atoms in total. The Kier molecular flexibility index (Phi) is 4.10. The summed E-state index contributed by atoms with van der Waals surface area (Å²) in [5.41, 5.74) is 1.00. The number of carbonyl (C=O) groups is 1. The summed E-state index contributed by atoms with van der Waals surface area (Å²) in [5, 5.41) is 0.912. The number of benzene rings is 1. The van der Waals surface area contributed by atoms with Crippen LogP contribution in [0.4, 0.5) is 5.13 Å². The van der Waals surface area contributed by atoms with Crippen LogP contribution in [-0.4, -0.2) is 42.5 Å². The zero-order chi connectivity index (χ0) is 14.8. The van der Waals surface area contributed by atoms with Crippen molar-refractivity contribution >= 4 is 32.6 Å². The van der Waals surface area contributed by atoms with Gasteiger partial charge < -0.3 is 9.80 Å². The van der Waals surface area contributed by atoms with Gasteiger partial charge in [0.2, 0.25) is 5.91 Å². The fraction of sp³-hybridized carbons (Fsp3) is 0.500. The highest BCUT2D eigenvalue weighted by molar-refractivity contribution is 7.22. The van der Waals surface area contributed by atoms with Crippen LogP contribution in [0.25, 0.3) is 10.2 Å². The van der Waals surface area contributed by atoms with Crippen molar-refractivity contribution in [1.29, 1.82) is 0 Å². The van der Waals surface area contributed by atoms with Gasteiger partial charge in [0, 0.05) is 20.1 Å². The number of aromatic nitrogens is 1. The lowest BCUT2D eigenvalue weighted by Gasteiger charge is -2.32. The van der Waals surface area contributed by atoms with Crippen molar-refractivity contribution in [2.24, 2.45) is 5.92 Å². The maximum Gasteiger partial charge on any atom is 0.242 e. The number of nitrogens with zero attached hydrogens (tertiary/aromatic N) is 3. The number of carbonyl (C=O) groups excluding carboxylic acids is 1. The summed E-state index contributed by atoms with van der Waals surface area (Å²) in [6, 6.07) is 8.09. The average Bonchev–Trinajstić information content (AvgIpc) is 2.91. The zero-order valence-electron chi connectivity index (χ0n) is 12.6. The largest absolute Gasteiger partial charge is 0.342 e. The minimum Gasteiger partial charge on any atom is -0.342 e. The smallest absolute Gasteiger partial charge is 0.242 e. The number of hydrogen-bond donors (Lipinski definition) is 0. The highest BCUT2D eigenvalue weighted by Crippen LogP contribution is 2.27. The van der Waals surface area contributed by atoms with Gasteiger partial charge in [0.05, 0.1) is 16.8 Å². The van der Waals surface area contributed by atoms with Crippen molar-refractivity contribution in [3.8, 4) is 0 Å². The van der Waals surface area contributed by atoms with Crippen LogP contribution >= 0.6 is 11.3 Å². The standard InChI is InChI=1S/C16H21N3OS/c1-12-6-5-9-19(10-12)15(20)11-18(2)16-17-13-7-3-4-8-14(13)21-16/h3-4,7-8,12H,5-6,9-11H2,1-2H3. The number of amides is 1. The van der Waals surface area contributed by atoms with Gasteiger partial charge in [-0.3, -0.25) is 4.79 Å². The first-order chi connectivity index (χ1) is 10.1. The molecule has 21 heavy (non-hydrogen) atoms. The lowest BCUT2D eigenvalue weighted by atomic mass is 10.0. The molecule has 1 aliphatic heterocycles. The molecule has 1 unspecified atom stereocenters. The SMILES string of the molecule is CC1CCCN(C(=O)CN(C)c2nc3ccccc3s2)C1. The Bertz CT molecular complexity index is 606. The molecule has 0 radical (unpaired) electrons. The maximum absolute atomic E-state index is 12.4. The number of anilines is 1. The van der Waals surface area contributed by atoms with E-state index in [1.807, 2.05) is 35.0 Å². The van der Waals surface area contributed by atoms with Crippen molar-refractivity contribution < 1.29 is 4.79 Å². The third-order valence-electron chi connectivity index (χ3n) is 3.99. The van der Waals surface area contributed by atoms with Crippen LogP contribution in [0.5, 0.6) is 0 Å². The molecule has 112 valence electrons. The molecule has 1 amide bonds. The summed E-state index contributed by atoms with van der Waals surface area (Å²) in [6.45, 7) is 4.42. The van der Waals surface area contributed by atoms with Crippen LogP contribution in [0.2, 0.25) is 0 Å². The first-order valence-electron chi connectivity index (χ1n) is 7.48. The van der Waals surface area contributed by atoms with Gasteiger partial charge in [-0.05, 0) is 30.9 Å². The summed E-state index contributed by atoms with van der Waals surface area (Å²) < 4.78 is 1.17. The molecule has 1 atom stereocenters. The van der Waals surface area contributed by atoms with Gasteiger partial charge in [0.25, 0.3) is 0 Å². The molecule has 1 aliphatic rings. The van der Waals surface area contributed by atoms with E-state index in [1.165, 1.54) is 11.1 Å². The predicted octanol–water partition coefficient (Wildman–Crippen LogP) is 2.99. The molecule has 2 aromatic rings. The molecular formula is C16H21N3OS. The monoisotopic (exact) mass is 303 g/mol. The quantitative estimate of drug-likeness (QED) is 0.874. The molecule has 1 aromatic heterocycles. The van der Waals surface area contributed by atoms with Gasteiger partial charge >= 0.3 is 0 Å². The summed E-state index contributed by atoms with van der Waals surface area (Å²) in [4.78, 5) is 21.0. The minimum atomic E-state index is 0.211. The van der Waals surface area contributed by atoms with Crippen LogP contribution in [0.1, 0.15) is 19.8 Å². The Balaban J connectivity index is 1.67. The molecule has 0 N–H and O–H groups in total. The first kappa shape index (κ1) is 14.3. The third kappa shape index (κ3) is 3.18. The lowest BCUT2D eigenvalue weighted by Crippen LogP contribution is -2.44. The summed E-state index contributed by atoms with van der Waals surface area (Å²) in [6.07, 6.45) is 2.36. The molecule has 3 rings (SSSR count). The summed E-state index contributed by atoms with van der Waals surface area (Å²) in [7, 11) is 1.95. The van der Waals surface area contributed by atoms with Crippen molar-refractivity contribution in [2.75, 3.05) is 31.6 Å². The highest BCUT2D eigenvalue weighted by Gasteiger charge is 2.22. The number of likely N-dealkylation sites (N-methyl/N-ethyl adjacent to an activating group) is 1. The van der Waals surface area contributed by atoms with Crippen LogP contribution < -0.4 is 4.90 Å². The van der Waals surface area contributed by atoms with Crippen molar-refractivity contribution in [3.63, 3.8) is 0 Å². The zero-order valence-corrected chi connectivity index (χ0v) is 13.4. The number of fused-ring (bicyclic) bond motifs is 1. The third-order valence-corrected chi connectivity index (χ3v) is 5.14. The topological polar surface area (TPSA) is 36.4 Å². The molecule has 0 saturated carbocycles. The fourth-order valence-electron chi connectivity index (χ4n) is 2.81. The van der Waals surface area contributed by atoms with E-state index in [1.54, 1.807) is 11.3 Å². The van der Waals surface area contributed by atoms with Crippen molar-refractivity contribution in [2.45, 2.75) is 19.8 Å². The Morgan fingerprint density at radius 3 is 3.05 bits per heavy atom. The lowest BCUT2D eigenvalue weighted by molar-refractivity contribution is -0.131. The van der Waals surface area contributed by atoms with E-state index in [-0.39, 0.29) is 5.91 Å². The van der Waals surface area contributed by atoms with E-state index < -0.39 is 0 Å². The van der Waals surface area contributed by atoms with E-state index >= 15 is 0 Å². The molecule has 2 heterocycles. The minimum absolute atomic E-state index is 0.211. The van der Waals surface area contributed by atoms with E-state index in [0.717, 1.165) is 30.2 Å². The number of rotatable bonds is 3. The highest BCUT2D eigenvalue weighted by atomic mass is 32.1. The molecule has 0 aliphatic carbocycles. The van der Waals surface area contributed by atoms with Gasteiger partial charge in [-0.25, -0.2) is 4.98 Å². The molecule has 1 saturated heterocycles. The van der Waals surface area contributed by atoms with E-state index in [4.69, 9.17) is 0 Å². The predicted molar refractivity (Wildman–Crippen MR) is 87.9 cm³/mol. The Hall–Kier alpha value is -1.62. The van der Waals surface area contributed by atoms with Crippen LogP contribution in [0.15, 0.2) is 24.3 Å². The summed E-state index contributed by atoms with van der Waals surface area (Å²) >= 11 is 1.64. The van der Waals surface area contributed by atoms with Gasteiger partial charge in [0.15, 0.2) is 5.13 Å². The second-order valence-electron chi connectivity index (χ2n) is 5.91. The Labute approximate surface area is 129 Å². The number of piperidine rings is 1. The number of likely N-dealkylation sites (tertiary alicyclic amines) is 1. The van der Waals surface area contributed by atoms with Crippen LogP contribution in [0.3, 0.4) is 0 Å². The summed E-state index contributed by atoms with van der Waals surface area (Å²) in [5.74, 6) is 0.832. The van der Waals surface area contributed by atoms with Crippen LogP contribution in [0, 0.1) is 5.92 Å². The first-order valence-corrected chi connectivity index (χ1v) is 8.29. The Morgan fingerprint density at radius 1 is 1.48 bits per heavy atom. The van der Waals surface area contributed by atoms with Crippen molar-refractivity contribution in [3.05, 3.63) is 24.3 Å². The number of thiazole rings is 1. The van der Waals surface area contributed by atoms with Gasteiger partial charge in [0.1, 0.15) is 0 Å². The Morgan fingerprint density at radius 2 is 2.29 bits per heavy atom. The van der Waals surface area contributed by atoms with Crippen LogP contribution in [-0.2, 0) is 4.79 Å². The van der Waals surface area contributed by atoms with E-state index in [2.05, 4.69) is 18.0 Å². The second-order valence-corrected chi connectivity index (χ2v) is 6.92. The van der Waals surface area contributed by atoms with E-state index in [9.17, 15) is 4.79 Å². The normalized spacial score (nSPS) is 19.0.